The maximum absolute atomic E-state index is 12.1. The van der Waals surface area contributed by atoms with Gasteiger partial charge in [-0.3, -0.25) is 9.89 Å². The lowest BCUT2D eigenvalue weighted by Crippen LogP contribution is -2.53. The number of rotatable bonds is 3. The van der Waals surface area contributed by atoms with Crippen LogP contribution in [-0.4, -0.2) is 84.2 Å². The van der Waals surface area contributed by atoms with E-state index in [1.165, 1.54) is 19.4 Å². The van der Waals surface area contributed by atoms with E-state index in [1.807, 2.05) is 20.8 Å². The fourth-order valence-corrected chi connectivity index (χ4v) is 3.26. The Morgan fingerprint density at radius 2 is 1.79 bits per heavy atom. The van der Waals surface area contributed by atoms with Crippen molar-refractivity contribution in [3.05, 3.63) is 0 Å². The van der Waals surface area contributed by atoms with Gasteiger partial charge in [-0.2, -0.15) is 0 Å². The van der Waals surface area contributed by atoms with Gasteiger partial charge in [0.15, 0.2) is 5.96 Å². The molecule has 1 amide bonds. The van der Waals surface area contributed by atoms with Gasteiger partial charge in [0.1, 0.15) is 5.60 Å². The lowest BCUT2D eigenvalue weighted by molar-refractivity contribution is 0.0186. The average molecular weight is 339 g/mol. The van der Waals surface area contributed by atoms with Gasteiger partial charge in [0.2, 0.25) is 0 Å². The van der Waals surface area contributed by atoms with Crippen LogP contribution < -0.4 is 5.73 Å². The molecule has 2 aliphatic heterocycles. The highest BCUT2D eigenvalue weighted by molar-refractivity contribution is 5.78. The van der Waals surface area contributed by atoms with Crippen molar-refractivity contribution in [3.63, 3.8) is 0 Å². The third-order valence-corrected chi connectivity index (χ3v) is 4.62. The first-order valence-corrected chi connectivity index (χ1v) is 9.07. The topological polar surface area (TPSA) is 74.4 Å². The van der Waals surface area contributed by atoms with Crippen molar-refractivity contribution in [2.75, 3.05) is 45.8 Å². The van der Waals surface area contributed by atoms with E-state index < -0.39 is 5.60 Å². The van der Waals surface area contributed by atoms with Gasteiger partial charge in [0.25, 0.3) is 0 Å². The van der Waals surface area contributed by atoms with Crippen LogP contribution in [0.2, 0.25) is 0 Å². The maximum Gasteiger partial charge on any atom is 0.410 e. The monoisotopic (exact) mass is 339 g/mol. The standard InChI is InChI=1S/C17H33N5O2/c1-5-20-8-6-7-14(20)13-19-15(18)21-9-11-22(12-10-21)16(23)24-17(2,3)4/h14H,5-13H2,1-4H3,(H2,18,19). The van der Waals surface area contributed by atoms with Crippen molar-refractivity contribution in [1.29, 1.82) is 0 Å². The van der Waals surface area contributed by atoms with Crippen molar-refractivity contribution in [2.45, 2.75) is 52.2 Å². The third kappa shape index (κ3) is 5.26. The number of aliphatic imine (C=N–C) groups is 1. The van der Waals surface area contributed by atoms with Gasteiger partial charge in [-0.15, -0.1) is 0 Å². The van der Waals surface area contributed by atoms with Gasteiger partial charge >= 0.3 is 6.09 Å². The number of piperazine rings is 1. The molecular weight excluding hydrogens is 306 g/mol. The normalized spacial score (nSPS) is 23.7. The fraction of sp³-hybridized carbons (Fsp3) is 0.882. The molecule has 2 saturated heterocycles. The average Bonchev–Trinajstić information content (AvgIpc) is 2.98. The molecule has 7 heteroatoms. The summed E-state index contributed by atoms with van der Waals surface area (Å²) in [6.07, 6.45) is 2.21. The lowest BCUT2D eigenvalue weighted by Gasteiger charge is -2.36. The number of nitrogens with zero attached hydrogens (tertiary/aromatic N) is 4. The molecule has 0 aromatic carbocycles. The van der Waals surface area contributed by atoms with E-state index in [0.29, 0.717) is 38.2 Å². The molecule has 2 aliphatic rings. The largest absolute Gasteiger partial charge is 0.444 e. The van der Waals surface area contributed by atoms with Gasteiger partial charge in [0.05, 0.1) is 6.54 Å². The van der Waals surface area contributed by atoms with Crippen molar-refractivity contribution < 1.29 is 9.53 Å². The summed E-state index contributed by atoms with van der Waals surface area (Å²) in [4.78, 5) is 23.0. The summed E-state index contributed by atoms with van der Waals surface area (Å²) in [6.45, 7) is 13.5. The Hall–Kier alpha value is -1.50. The molecule has 2 N–H and O–H groups in total. The zero-order valence-corrected chi connectivity index (χ0v) is 15.6. The Labute approximate surface area is 145 Å². The Kier molecular flexibility index (Phi) is 6.32. The van der Waals surface area contributed by atoms with Gasteiger partial charge in [-0.1, -0.05) is 6.92 Å². The molecule has 2 fully saturated rings. The molecular formula is C17H33N5O2. The first kappa shape index (κ1) is 18.8. The quantitative estimate of drug-likeness (QED) is 0.620. The predicted octanol–water partition coefficient (Wildman–Crippen LogP) is 1.34. The van der Waals surface area contributed by atoms with Crippen LogP contribution in [0.1, 0.15) is 40.5 Å². The van der Waals surface area contributed by atoms with E-state index in [4.69, 9.17) is 10.5 Å². The van der Waals surface area contributed by atoms with Crippen molar-refractivity contribution in [3.8, 4) is 0 Å². The van der Waals surface area contributed by atoms with Crippen LogP contribution in [-0.2, 0) is 4.74 Å². The van der Waals surface area contributed by atoms with E-state index in [2.05, 4.69) is 21.7 Å². The molecule has 24 heavy (non-hydrogen) atoms. The van der Waals surface area contributed by atoms with E-state index >= 15 is 0 Å². The smallest absolute Gasteiger partial charge is 0.410 e. The molecule has 1 unspecified atom stereocenters. The molecule has 0 bridgehead atoms. The molecule has 0 saturated carbocycles. The first-order chi connectivity index (χ1) is 11.3. The van der Waals surface area contributed by atoms with Crippen LogP contribution in [0.15, 0.2) is 4.99 Å². The minimum absolute atomic E-state index is 0.248. The molecule has 1 atom stereocenters. The Bertz CT molecular complexity index is 452. The number of hydrogen-bond acceptors (Lipinski definition) is 4. The molecule has 2 heterocycles. The van der Waals surface area contributed by atoms with E-state index in [9.17, 15) is 4.79 Å². The number of amides is 1. The molecule has 2 rings (SSSR count). The third-order valence-electron chi connectivity index (χ3n) is 4.62. The summed E-state index contributed by atoms with van der Waals surface area (Å²) >= 11 is 0. The van der Waals surface area contributed by atoms with Crippen LogP contribution in [0.3, 0.4) is 0 Å². The minimum atomic E-state index is -0.457. The highest BCUT2D eigenvalue weighted by Gasteiger charge is 2.27. The lowest BCUT2D eigenvalue weighted by atomic mass is 10.2. The van der Waals surface area contributed by atoms with Crippen LogP contribution in [0.5, 0.6) is 0 Å². The summed E-state index contributed by atoms with van der Waals surface area (Å²) in [5, 5.41) is 0. The molecule has 0 aliphatic carbocycles. The van der Waals surface area contributed by atoms with Crippen molar-refractivity contribution in [1.82, 2.24) is 14.7 Å². The number of guanidine groups is 1. The second kappa shape index (κ2) is 8.05. The van der Waals surface area contributed by atoms with Crippen LogP contribution in [0, 0.1) is 0 Å². The van der Waals surface area contributed by atoms with Crippen molar-refractivity contribution >= 4 is 12.1 Å². The van der Waals surface area contributed by atoms with Crippen molar-refractivity contribution in [2.24, 2.45) is 10.7 Å². The molecule has 7 nitrogen and oxygen atoms in total. The Morgan fingerprint density at radius 3 is 2.38 bits per heavy atom. The number of nitrogens with two attached hydrogens (primary N) is 1. The van der Waals surface area contributed by atoms with Crippen LogP contribution >= 0.6 is 0 Å². The van der Waals surface area contributed by atoms with Gasteiger partial charge < -0.3 is 20.3 Å². The first-order valence-electron chi connectivity index (χ1n) is 9.07. The van der Waals surface area contributed by atoms with Crippen LogP contribution in [0.4, 0.5) is 4.79 Å². The molecule has 0 aromatic heterocycles. The Balaban J connectivity index is 1.79. The summed E-state index contributed by atoms with van der Waals surface area (Å²) < 4.78 is 5.41. The second-order valence-corrected chi connectivity index (χ2v) is 7.58. The fourth-order valence-electron chi connectivity index (χ4n) is 3.26. The van der Waals surface area contributed by atoms with Gasteiger partial charge in [-0.05, 0) is 46.7 Å². The predicted molar refractivity (Wildman–Crippen MR) is 96.1 cm³/mol. The van der Waals surface area contributed by atoms with Crippen LogP contribution in [0.25, 0.3) is 0 Å². The highest BCUT2D eigenvalue weighted by Crippen LogP contribution is 2.17. The summed E-state index contributed by atoms with van der Waals surface area (Å²) in [7, 11) is 0. The second-order valence-electron chi connectivity index (χ2n) is 7.58. The highest BCUT2D eigenvalue weighted by atomic mass is 16.6. The number of carbonyl (C=O) groups is 1. The number of likely N-dealkylation sites (tertiary alicyclic amines) is 1. The minimum Gasteiger partial charge on any atom is -0.444 e. The molecule has 0 aromatic rings. The SMILES string of the molecule is CCN1CCCC1CN=C(N)N1CCN(C(=O)OC(C)(C)C)CC1. The molecule has 0 radical (unpaired) electrons. The van der Waals surface area contributed by atoms with Gasteiger partial charge in [-0.25, -0.2) is 4.79 Å². The number of hydrogen-bond donors (Lipinski definition) is 1. The molecule has 0 spiro atoms. The summed E-state index contributed by atoms with van der Waals surface area (Å²) in [5.74, 6) is 0.599. The Morgan fingerprint density at radius 1 is 1.17 bits per heavy atom. The number of carbonyl (C=O) groups excluding carboxylic acids is 1. The number of ether oxygens (including phenoxy) is 1. The summed E-state index contributed by atoms with van der Waals surface area (Å²) in [6, 6.07) is 0.525. The zero-order valence-electron chi connectivity index (χ0n) is 15.6. The summed E-state index contributed by atoms with van der Waals surface area (Å²) in [5.41, 5.74) is 5.70. The zero-order chi connectivity index (χ0) is 17.7. The molecule has 138 valence electrons. The van der Waals surface area contributed by atoms with E-state index in [0.717, 1.165) is 13.1 Å². The number of likely N-dealkylation sites (N-methyl/N-ethyl adjacent to an activating group) is 1. The van der Waals surface area contributed by atoms with E-state index in [-0.39, 0.29) is 6.09 Å². The van der Waals surface area contributed by atoms with E-state index in [1.54, 1.807) is 4.90 Å². The van der Waals surface area contributed by atoms with Gasteiger partial charge in [0, 0.05) is 32.2 Å². The maximum atomic E-state index is 12.1.